The van der Waals surface area contributed by atoms with Crippen LogP contribution in [0.4, 0.5) is 4.39 Å². The first-order valence-electron chi connectivity index (χ1n) is 8.59. The molecule has 7 nitrogen and oxygen atoms in total. The molecule has 3 rings (SSSR count). The number of rotatable bonds is 7. The van der Waals surface area contributed by atoms with Crippen LogP contribution in [0.25, 0.3) is 0 Å². The molecule has 0 aliphatic heterocycles. The quantitative estimate of drug-likeness (QED) is 0.681. The molecule has 0 saturated heterocycles. The van der Waals surface area contributed by atoms with E-state index < -0.39 is 27.5 Å². The number of carbonyl (C=O) groups excluding carboxylic acids is 1. The molecule has 1 heterocycles. The number of ether oxygens (including phenoxy) is 1. The topological polar surface area (TPSA) is 88.6 Å². The zero-order valence-electron chi connectivity index (χ0n) is 15.6. The summed E-state index contributed by atoms with van der Waals surface area (Å²) < 4.78 is 46.0. The van der Waals surface area contributed by atoms with Gasteiger partial charge in [-0.25, -0.2) is 9.11 Å². The van der Waals surface area contributed by atoms with Crippen molar-refractivity contribution in [1.29, 1.82) is 0 Å². The zero-order valence-corrected chi connectivity index (χ0v) is 17.9. The van der Waals surface area contributed by atoms with Crippen molar-refractivity contribution < 1.29 is 22.3 Å². The average molecular weight is 462 g/mol. The smallest absolute Gasteiger partial charge is 0.303 e. The van der Waals surface area contributed by atoms with E-state index in [9.17, 15) is 17.6 Å². The monoisotopic (exact) mass is 461 g/mol. The Kier molecular flexibility index (Phi) is 6.33. The van der Waals surface area contributed by atoms with Gasteiger partial charge in [0, 0.05) is 36.7 Å². The standard InChI is InChI=1S/C18H18Cl2FN3O4S/c1-24(2)29(26,27)23-18(25)13-7-14(19)11(5-16(13)21)9-28-12-6-15(20)17(22-8-12)10-3-4-10/h5-8,10H,3-4,9H2,1-2H3,(H,23,25). The highest BCUT2D eigenvalue weighted by molar-refractivity contribution is 7.87. The second-order valence-electron chi connectivity index (χ2n) is 6.74. The Labute approximate surface area is 178 Å². The third-order valence-corrected chi connectivity index (χ3v) is 6.35. The van der Waals surface area contributed by atoms with Crippen LogP contribution in [0, 0.1) is 5.82 Å². The van der Waals surface area contributed by atoms with Crippen LogP contribution in [0.3, 0.4) is 0 Å². The van der Waals surface area contributed by atoms with Gasteiger partial charge in [0.05, 0.1) is 22.5 Å². The first kappa shape index (κ1) is 21.8. The van der Waals surface area contributed by atoms with Crippen LogP contribution in [0.1, 0.15) is 40.4 Å². The lowest BCUT2D eigenvalue weighted by atomic mass is 10.1. The SMILES string of the molecule is CN(C)S(=O)(=O)NC(=O)c1cc(Cl)c(COc2cnc(C3CC3)c(Cl)c2)cc1F. The number of halogens is 3. The minimum Gasteiger partial charge on any atom is -0.487 e. The molecule has 2 aromatic rings. The lowest BCUT2D eigenvalue weighted by Gasteiger charge is -2.14. The molecule has 29 heavy (non-hydrogen) atoms. The van der Waals surface area contributed by atoms with Gasteiger partial charge in [-0.15, -0.1) is 0 Å². The van der Waals surface area contributed by atoms with Crippen LogP contribution >= 0.6 is 23.2 Å². The number of benzene rings is 1. The Bertz CT molecular complexity index is 1060. The molecule has 1 amide bonds. The summed E-state index contributed by atoms with van der Waals surface area (Å²) in [5, 5.41) is 0.559. The molecule has 0 spiro atoms. The van der Waals surface area contributed by atoms with Crippen molar-refractivity contribution in [2.45, 2.75) is 25.4 Å². The fraction of sp³-hybridized carbons (Fsp3) is 0.333. The summed E-state index contributed by atoms with van der Waals surface area (Å²) in [6, 6.07) is 3.71. The van der Waals surface area contributed by atoms with E-state index in [1.807, 2.05) is 0 Å². The number of hydrogen-bond acceptors (Lipinski definition) is 5. The number of carbonyl (C=O) groups is 1. The van der Waals surface area contributed by atoms with Crippen molar-refractivity contribution in [1.82, 2.24) is 14.0 Å². The van der Waals surface area contributed by atoms with E-state index in [4.69, 9.17) is 27.9 Å². The number of aromatic nitrogens is 1. The Morgan fingerprint density at radius 2 is 1.97 bits per heavy atom. The Morgan fingerprint density at radius 3 is 2.55 bits per heavy atom. The first-order valence-corrected chi connectivity index (χ1v) is 10.8. The molecule has 1 N–H and O–H groups in total. The summed E-state index contributed by atoms with van der Waals surface area (Å²) in [5.41, 5.74) is 0.618. The van der Waals surface area contributed by atoms with Gasteiger partial charge in [0.1, 0.15) is 18.2 Å². The van der Waals surface area contributed by atoms with Gasteiger partial charge < -0.3 is 4.74 Å². The molecule has 1 aromatic heterocycles. The minimum absolute atomic E-state index is 0.0486. The van der Waals surface area contributed by atoms with E-state index in [-0.39, 0.29) is 17.2 Å². The zero-order chi connectivity index (χ0) is 21.3. The Hall–Kier alpha value is -1.94. The van der Waals surface area contributed by atoms with Crippen LogP contribution in [0.2, 0.25) is 10.0 Å². The molecule has 1 aliphatic carbocycles. The van der Waals surface area contributed by atoms with Crippen LogP contribution < -0.4 is 9.46 Å². The molecule has 0 radical (unpaired) electrons. The van der Waals surface area contributed by atoms with Crippen molar-refractivity contribution in [3.63, 3.8) is 0 Å². The summed E-state index contributed by atoms with van der Waals surface area (Å²) in [6.07, 6.45) is 3.67. The van der Waals surface area contributed by atoms with Crippen LogP contribution in [0.5, 0.6) is 5.75 Å². The second-order valence-corrected chi connectivity index (χ2v) is 9.44. The van der Waals surface area contributed by atoms with Crippen molar-refractivity contribution in [2.24, 2.45) is 0 Å². The third kappa shape index (κ3) is 5.16. The van der Waals surface area contributed by atoms with E-state index in [1.165, 1.54) is 20.3 Å². The van der Waals surface area contributed by atoms with Gasteiger partial charge >= 0.3 is 10.2 Å². The fourth-order valence-electron chi connectivity index (χ4n) is 2.46. The molecule has 1 aromatic carbocycles. The van der Waals surface area contributed by atoms with Crippen molar-refractivity contribution in [2.75, 3.05) is 14.1 Å². The number of pyridine rings is 1. The van der Waals surface area contributed by atoms with Gasteiger partial charge in [-0.05, 0) is 25.0 Å². The average Bonchev–Trinajstić information content (AvgIpc) is 3.46. The largest absolute Gasteiger partial charge is 0.487 e. The van der Waals surface area contributed by atoms with E-state index >= 15 is 0 Å². The van der Waals surface area contributed by atoms with Gasteiger partial charge in [0.2, 0.25) is 0 Å². The highest BCUT2D eigenvalue weighted by atomic mass is 35.5. The number of nitrogens with zero attached hydrogens (tertiary/aromatic N) is 2. The van der Waals surface area contributed by atoms with Crippen molar-refractivity contribution in [3.05, 3.63) is 57.1 Å². The molecule has 0 unspecified atom stereocenters. The van der Waals surface area contributed by atoms with E-state index in [1.54, 1.807) is 10.8 Å². The van der Waals surface area contributed by atoms with Gasteiger partial charge in [-0.3, -0.25) is 9.78 Å². The van der Waals surface area contributed by atoms with Gasteiger partial charge in [-0.2, -0.15) is 12.7 Å². The molecule has 11 heteroatoms. The van der Waals surface area contributed by atoms with Gasteiger partial charge in [-0.1, -0.05) is 23.2 Å². The minimum atomic E-state index is -4.06. The van der Waals surface area contributed by atoms with E-state index in [0.29, 0.717) is 16.7 Å². The summed E-state index contributed by atoms with van der Waals surface area (Å²) in [7, 11) is -1.59. The summed E-state index contributed by atoms with van der Waals surface area (Å²) in [4.78, 5) is 16.4. The maximum Gasteiger partial charge on any atom is 0.303 e. The third-order valence-electron chi connectivity index (χ3n) is 4.29. The van der Waals surface area contributed by atoms with Crippen LogP contribution in [0.15, 0.2) is 24.4 Å². The highest BCUT2D eigenvalue weighted by Gasteiger charge is 2.27. The van der Waals surface area contributed by atoms with Crippen molar-refractivity contribution >= 4 is 39.3 Å². The summed E-state index contributed by atoms with van der Waals surface area (Å²) in [6.45, 7) is -0.0889. The second kappa shape index (κ2) is 8.43. The number of hydrogen-bond donors (Lipinski definition) is 1. The summed E-state index contributed by atoms with van der Waals surface area (Å²) in [5.74, 6) is -1.26. The molecule has 1 fully saturated rings. The lowest BCUT2D eigenvalue weighted by molar-refractivity contribution is 0.0975. The number of amides is 1. The van der Waals surface area contributed by atoms with E-state index in [0.717, 1.165) is 35.0 Å². The molecule has 156 valence electrons. The maximum absolute atomic E-state index is 14.4. The highest BCUT2D eigenvalue weighted by Crippen LogP contribution is 2.42. The molecular formula is C18H18Cl2FN3O4S. The normalized spacial score (nSPS) is 14.1. The summed E-state index contributed by atoms with van der Waals surface area (Å²) >= 11 is 12.3. The first-order chi connectivity index (χ1) is 13.6. The van der Waals surface area contributed by atoms with Gasteiger partial charge in [0.15, 0.2) is 0 Å². The Balaban J connectivity index is 1.72. The Morgan fingerprint density at radius 1 is 1.28 bits per heavy atom. The maximum atomic E-state index is 14.4. The predicted octanol–water partition coefficient (Wildman–Crippen LogP) is 3.52. The molecular weight excluding hydrogens is 444 g/mol. The van der Waals surface area contributed by atoms with E-state index in [2.05, 4.69) is 4.98 Å². The molecule has 0 bridgehead atoms. The van der Waals surface area contributed by atoms with Crippen LogP contribution in [-0.2, 0) is 16.8 Å². The fourth-order valence-corrected chi connectivity index (χ4v) is 3.52. The lowest BCUT2D eigenvalue weighted by Crippen LogP contribution is -2.39. The van der Waals surface area contributed by atoms with Crippen molar-refractivity contribution in [3.8, 4) is 5.75 Å². The molecule has 0 atom stereocenters. The molecule has 1 saturated carbocycles. The predicted molar refractivity (Wildman–Crippen MR) is 107 cm³/mol. The van der Waals surface area contributed by atoms with Crippen LogP contribution in [-0.4, -0.2) is 37.7 Å². The number of nitrogens with one attached hydrogen (secondary N) is 1. The molecule has 1 aliphatic rings. The van der Waals surface area contributed by atoms with Gasteiger partial charge in [0.25, 0.3) is 5.91 Å².